The minimum atomic E-state index is -3.82. The van der Waals surface area contributed by atoms with E-state index in [1.54, 1.807) is 13.8 Å². The zero-order valence-electron chi connectivity index (χ0n) is 11.2. The zero-order chi connectivity index (χ0) is 15.8. The number of nitrogens with one attached hydrogen (secondary N) is 1. The van der Waals surface area contributed by atoms with Gasteiger partial charge >= 0.3 is 0 Å². The van der Waals surface area contributed by atoms with Gasteiger partial charge in [0.15, 0.2) is 6.39 Å². The number of aryl methyl sites for hydroxylation is 2. The van der Waals surface area contributed by atoms with Gasteiger partial charge in [-0.1, -0.05) is 0 Å². The number of carbonyl (C=O) groups is 1. The van der Waals surface area contributed by atoms with Gasteiger partial charge in [-0.2, -0.15) is 0 Å². The molecule has 0 saturated heterocycles. The monoisotopic (exact) mass is 373 g/mol. The molecule has 0 aliphatic rings. The van der Waals surface area contributed by atoms with Crippen LogP contribution in [-0.4, -0.2) is 19.3 Å². The molecule has 0 aliphatic heterocycles. The van der Waals surface area contributed by atoms with E-state index in [1.165, 1.54) is 18.5 Å². The second-order valence-corrected chi connectivity index (χ2v) is 6.75. The molecule has 0 saturated carbocycles. The molecule has 1 amide bonds. The van der Waals surface area contributed by atoms with E-state index in [0.717, 1.165) is 0 Å². The van der Waals surface area contributed by atoms with Gasteiger partial charge in [0.25, 0.3) is 5.91 Å². The summed E-state index contributed by atoms with van der Waals surface area (Å²) in [5.41, 5.74) is 1.28. The average molecular weight is 374 g/mol. The van der Waals surface area contributed by atoms with Crippen LogP contribution in [0.4, 0.5) is 5.69 Å². The van der Waals surface area contributed by atoms with Crippen LogP contribution in [0.2, 0.25) is 0 Å². The van der Waals surface area contributed by atoms with E-state index in [0.29, 0.717) is 21.4 Å². The minimum absolute atomic E-state index is 0.0109. The van der Waals surface area contributed by atoms with Crippen LogP contribution in [0, 0.1) is 13.8 Å². The second-order valence-electron chi connectivity index (χ2n) is 4.36. The molecule has 2 rings (SSSR count). The highest BCUT2D eigenvalue weighted by Gasteiger charge is 2.18. The molecule has 0 aliphatic carbocycles. The summed E-state index contributed by atoms with van der Waals surface area (Å²) in [5.74, 6) is -0.386. The number of halogens is 1. The van der Waals surface area contributed by atoms with Crippen LogP contribution >= 0.6 is 15.9 Å². The number of hydrogen-bond donors (Lipinski definition) is 2. The standard InChI is InChI=1S/C12H12BrN3O4S/c1-6-3-9(8(13)4-10(6)21(14,18)19)16-12(17)11-7(2)15-5-20-11/h3-5H,1-2H3,(H,16,17)(H2,14,18,19). The van der Waals surface area contributed by atoms with Gasteiger partial charge in [-0.15, -0.1) is 0 Å². The molecule has 0 spiro atoms. The number of carbonyl (C=O) groups excluding carboxylic acids is 1. The van der Waals surface area contributed by atoms with Crippen molar-refractivity contribution in [2.75, 3.05) is 5.32 Å². The molecule has 0 bridgehead atoms. The number of primary sulfonamides is 1. The van der Waals surface area contributed by atoms with Crippen molar-refractivity contribution in [3.05, 3.63) is 40.0 Å². The summed E-state index contributed by atoms with van der Waals surface area (Å²) in [6.07, 6.45) is 1.18. The maximum absolute atomic E-state index is 12.0. The lowest BCUT2D eigenvalue weighted by Gasteiger charge is -2.10. The molecule has 1 aromatic carbocycles. The molecule has 3 N–H and O–H groups in total. The first-order valence-corrected chi connectivity index (χ1v) is 8.08. The lowest BCUT2D eigenvalue weighted by atomic mass is 10.2. The van der Waals surface area contributed by atoms with Gasteiger partial charge in [0.1, 0.15) is 0 Å². The van der Waals surface area contributed by atoms with Gasteiger partial charge in [-0.25, -0.2) is 18.5 Å². The Bertz CT molecular complexity index is 814. The van der Waals surface area contributed by atoms with Crippen molar-refractivity contribution in [1.82, 2.24) is 4.98 Å². The number of rotatable bonds is 3. The van der Waals surface area contributed by atoms with Crippen molar-refractivity contribution in [1.29, 1.82) is 0 Å². The van der Waals surface area contributed by atoms with Crippen LogP contribution < -0.4 is 10.5 Å². The quantitative estimate of drug-likeness (QED) is 0.852. The Balaban J connectivity index is 2.37. The smallest absolute Gasteiger partial charge is 0.293 e. The first kappa shape index (κ1) is 15.7. The number of nitrogens with two attached hydrogens (primary N) is 1. The van der Waals surface area contributed by atoms with Crippen molar-refractivity contribution in [3.63, 3.8) is 0 Å². The molecule has 21 heavy (non-hydrogen) atoms. The predicted octanol–water partition coefficient (Wildman–Crippen LogP) is 1.95. The van der Waals surface area contributed by atoms with Gasteiger partial charge in [0.2, 0.25) is 15.8 Å². The average Bonchev–Trinajstić information content (AvgIpc) is 2.78. The summed E-state index contributed by atoms with van der Waals surface area (Å²) in [7, 11) is -3.82. The fourth-order valence-electron chi connectivity index (χ4n) is 1.76. The Morgan fingerprint density at radius 1 is 1.38 bits per heavy atom. The summed E-state index contributed by atoms with van der Waals surface area (Å²) in [5, 5.41) is 7.73. The molecule has 0 unspecified atom stereocenters. The molecule has 0 radical (unpaired) electrons. The van der Waals surface area contributed by atoms with Crippen LogP contribution in [0.15, 0.2) is 32.3 Å². The Labute approximate surface area is 129 Å². The lowest BCUT2D eigenvalue weighted by molar-refractivity contribution is 0.0996. The van der Waals surface area contributed by atoms with E-state index >= 15 is 0 Å². The third kappa shape index (κ3) is 3.31. The second kappa shape index (κ2) is 5.58. The lowest BCUT2D eigenvalue weighted by Crippen LogP contribution is -2.16. The molecule has 112 valence electrons. The fourth-order valence-corrected chi connectivity index (χ4v) is 3.15. The van der Waals surface area contributed by atoms with Gasteiger partial charge in [-0.05, 0) is 47.5 Å². The first-order valence-electron chi connectivity index (χ1n) is 5.74. The number of anilines is 1. The maximum atomic E-state index is 12.0. The minimum Gasteiger partial charge on any atom is -0.438 e. The highest BCUT2D eigenvalue weighted by Crippen LogP contribution is 2.29. The Kier molecular flexibility index (Phi) is 4.17. The van der Waals surface area contributed by atoms with Crippen molar-refractivity contribution in [3.8, 4) is 0 Å². The highest BCUT2D eigenvalue weighted by molar-refractivity contribution is 9.10. The molecule has 1 aromatic heterocycles. The number of hydrogen-bond acceptors (Lipinski definition) is 5. The fraction of sp³-hybridized carbons (Fsp3) is 0.167. The Morgan fingerprint density at radius 3 is 2.57 bits per heavy atom. The number of sulfonamides is 1. The third-order valence-electron chi connectivity index (χ3n) is 2.77. The van der Waals surface area contributed by atoms with Gasteiger partial charge in [0, 0.05) is 4.47 Å². The van der Waals surface area contributed by atoms with Gasteiger partial charge in [0.05, 0.1) is 16.3 Å². The predicted molar refractivity (Wildman–Crippen MR) is 79.4 cm³/mol. The molecule has 0 atom stereocenters. The van der Waals surface area contributed by atoms with Crippen molar-refractivity contribution in [2.24, 2.45) is 5.14 Å². The highest BCUT2D eigenvalue weighted by atomic mass is 79.9. The van der Waals surface area contributed by atoms with E-state index in [-0.39, 0.29) is 10.7 Å². The number of oxazole rings is 1. The van der Waals surface area contributed by atoms with Gasteiger partial charge < -0.3 is 9.73 Å². The van der Waals surface area contributed by atoms with Crippen molar-refractivity contribution < 1.29 is 17.6 Å². The van der Waals surface area contributed by atoms with Crippen LogP contribution in [0.25, 0.3) is 0 Å². The Morgan fingerprint density at radius 2 is 2.05 bits per heavy atom. The summed E-state index contributed by atoms with van der Waals surface area (Å²) >= 11 is 3.20. The van der Waals surface area contributed by atoms with Crippen molar-refractivity contribution >= 4 is 37.5 Å². The molecule has 0 fully saturated rings. The topological polar surface area (TPSA) is 115 Å². The normalized spacial score (nSPS) is 11.4. The van der Waals surface area contributed by atoms with Crippen LogP contribution in [0.1, 0.15) is 21.8 Å². The number of aromatic nitrogens is 1. The zero-order valence-corrected chi connectivity index (χ0v) is 13.6. The largest absolute Gasteiger partial charge is 0.438 e. The summed E-state index contributed by atoms with van der Waals surface area (Å²) in [4.78, 5) is 15.9. The van der Waals surface area contributed by atoms with E-state index < -0.39 is 15.9 Å². The molecule has 7 nitrogen and oxygen atoms in total. The van der Waals surface area contributed by atoms with Gasteiger partial charge in [-0.3, -0.25) is 4.79 Å². The number of amides is 1. The van der Waals surface area contributed by atoms with Crippen molar-refractivity contribution in [2.45, 2.75) is 18.7 Å². The van der Waals surface area contributed by atoms with E-state index in [9.17, 15) is 13.2 Å². The molecular formula is C12H12BrN3O4S. The summed E-state index contributed by atoms with van der Waals surface area (Å²) in [6.45, 7) is 3.23. The van der Waals surface area contributed by atoms with Crippen LogP contribution in [0.3, 0.4) is 0 Å². The van der Waals surface area contributed by atoms with Crippen LogP contribution in [-0.2, 0) is 10.0 Å². The first-order chi connectivity index (χ1) is 9.70. The Hall–Kier alpha value is -1.71. The van der Waals surface area contributed by atoms with E-state index in [1.807, 2.05) is 0 Å². The SMILES string of the molecule is Cc1cc(NC(=O)c2ocnc2C)c(Br)cc1S(N)(=O)=O. The number of nitrogens with zero attached hydrogens (tertiary/aromatic N) is 1. The summed E-state index contributed by atoms with van der Waals surface area (Å²) < 4.78 is 28.2. The molecule has 2 aromatic rings. The molecule has 1 heterocycles. The number of benzene rings is 1. The summed E-state index contributed by atoms with van der Waals surface area (Å²) in [6, 6.07) is 2.85. The van der Waals surface area contributed by atoms with Crippen LogP contribution in [0.5, 0.6) is 0 Å². The molecular weight excluding hydrogens is 362 g/mol. The van der Waals surface area contributed by atoms with E-state index in [2.05, 4.69) is 26.2 Å². The third-order valence-corrected chi connectivity index (χ3v) is 4.48. The maximum Gasteiger partial charge on any atom is 0.293 e. The van der Waals surface area contributed by atoms with E-state index in [4.69, 9.17) is 9.56 Å². The molecule has 9 heteroatoms.